The van der Waals surface area contributed by atoms with Crippen molar-refractivity contribution in [2.75, 3.05) is 0 Å². The molecule has 2 rings (SSSR count). The van der Waals surface area contributed by atoms with Crippen molar-refractivity contribution in [1.29, 1.82) is 0 Å². The van der Waals surface area contributed by atoms with Crippen molar-refractivity contribution in [2.24, 2.45) is 5.92 Å². The van der Waals surface area contributed by atoms with E-state index in [1.54, 1.807) is 27.0 Å². The van der Waals surface area contributed by atoms with Gasteiger partial charge in [-0.3, -0.25) is 4.98 Å². The number of aryl methyl sites for hydroxylation is 1. The SMILES string of the molecule is CC(C)(C)OC(=O)N[C@@H](CC1CCCCC1)[C@@H](O)[C@@H](O)CCc1ccccn1. The van der Waals surface area contributed by atoms with Crippen molar-refractivity contribution in [3.05, 3.63) is 30.1 Å². The monoisotopic (exact) mass is 392 g/mol. The zero-order chi connectivity index (χ0) is 20.6. The minimum atomic E-state index is -1.04. The molecule has 1 aliphatic rings. The third-order valence-electron chi connectivity index (χ3n) is 5.24. The number of carbonyl (C=O) groups excluding carboxylic acids is 1. The van der Waals surface area contributed by atoms with Crippen molar-refractivity contribution < 1.29 is 19.7 Å². The summed E-state index contributed by atoms with van der Waals surface area (Å²) in [5.74, 6) is 0.450. The zero-order valence-corrected chi connectivity index (χ0v) is 17.4. The van der Waals surface area contributed by atoms with Gasteiger partial charge in [-0.1, -0.05) is 38.2 Å². The Morgan fingerprint density at radius 1 is 1.25 bits per heavy atom. The van der Waals surface area contributed by atoms with Gasteiger partial charge in [0.2, 0.25) is 0 Å². The summed E-state index contributed by atoms with van der Waals surface area (Å²) >= 11 is 0. The van der Waals surface area contributed by atoms with Gasteiger partial charge in [-0.2, -0.15) is 0 Å². The summed E-state index contributed by atoms with van der Waals surface area (Å²) in [4.78, 5) is 16.5. The van der Waals surface area contributed by atoms with Crippen molar-refractivity contribution >= 4 is 6.09 Å². The summed E-state index contributed by atoms with van der Waals surface area (Å²) < 4.78 is 5.36. The predicted molar refractivity (Wildman–Crippen MR) is 109 cm³/mol. The fraction of sp³-hybridized carbons (Fsp3) is 0.727. The van der Waals surface area contributed by atoms with Gasteiger partial charge in [-0.25, -0.2) is 4.79 Å². The molecule has 0 unspecified atom stereocenters. The van der Waals surface area contributed by atoms with Gasteiger partial charge >= 0.3 is 6.09 Å². The number of rotatable bonds is 8. The van der Waals surface area contributed by atoms with E-state index in [9.17, 15) is 15.0 Å². The topological polar surface area (TPSA) is 91.7 Å². The number of ether oxygens (including phenoxy) is 1. The minimum Gasteiger partial charge on any atom is -0.444 e. The first-order valence-electron chi connectivity index (χ1n) is 10.5. The molecule has 1 aromatic rings. The largest absolute Gasteiger partial charge is 0.444 e. The van der Waals surface area contributed by atoms with E-state index >= 15 is 0 Å². The molecule has 0 saturated heterocycles. The first-order chi connectivity index (χ1) is 13.2. The van der Waals surface area contributed by atoms with E-state index in [1.165, 1.54) is 19.3 Å². The highest BCUT2D eigenvalue weighted by Gasteiger charge is 2.31. The maximum Gasteiger partial charge on any atom is 0.407 e. The molecular weight excluding hydrogens is 356 g/mol. The third kappa shape index (κ3) is 8.15. The number of aromatic nitrogens is 1. The minimum absolute atomic E-state index is 0.384. The molecular formula is C22H36N2O4. The first kappa shape index (κ1) is 22.6. The summed E-state index contributed by atoms with van der Waals surface area (Å²) in [6, 6.07) is 5.12. The van der Waals surface area contributed by atoms with Crippen LogP contribution in [-0.4, -0.2) is 45.1 Å². The van der Waals surface area contributed by atoms with Gasteiger partial charge in [-0.15, -0.1) is 0 Å². The van der Waals surface area contributed by atoms with Crippen LogP contribution in [0.2, 0.25) is 0 Å². The highest BCUT2D eigenvalue weighted by molar-refractivity contribution is 5.68. The van der Waals surface area contributed by atoms with Crippen LogP contribution in [0.15, 0.2) is 24.4 Å². The molecule has 0 spiro atoms. The van der Waals surface area contributed by atoms with E-state index in [4.69, 9.17) is 4.74 Å². The van der Waals surface area contributed by atoms with Gasteiger partial charge in [0.1, 0.15) is 11.7 Å². The molecule has 0 aliphatic heterocycles. The number of alkyl carbamates (subject to hydrolysis) is 1. The molecule has 1 heterocycles. The highest BCUT2D eigenvalue weighted by atomic mass is 16.6. The van der Waals surface area contributed by atoms with Crippen LogP contribution in [0.1, 0.15) is 71.4 Å². The van der Waals surface area contributed by atoms with Crippen LogP contribution in [0, 0.1) is 5.92 Å². The van der Waals surface area contributed by atoms with Gasteiger partial charge in [0, 0.05) is 11.9 Å². The van der Waals surface area contributed by atoms with E-state index in [1.807, 2.05) is 18.2 Å². The Labute approximate surface area is 168 Å². The maximum absolute atomic E-state index is 12.3. The number of aliphatic hydroxyl groups excluding tert-OH is 2. The van der Waals surface area contributed by atoms with E-state index < -0.39 is 29.9 Å². The number of hydrogen-bond acceptors (Lipinski definition) is 5. The lowest BCUT2D eigenvalue weighted by atomic mass is 9.82. The fourth-order valence-electron chi connectivity index (χ4n) is 3.81. The Morgan fingerprint density at radius 3 is 2.57 bits per heavy atom. The molecule has 3 atom stereocenters. The Hall–Kier alpha value is -1.66. The number of carbonyl (C=O) groups is 1. The molecule has 1 amide bonds. The smallest absolute Gasteiger partial charge is 0.407 e. The Kier molecular flexibility index (Phi) is 8.70. The second-order valence-corrected chi connectivity index (χ2v) is 8.91. The molecule has 0 radical (unpaired) electrons. The van der Waals surface area contributed by atoms with Gasteiger partial charge in [0.15, 0.2) is 0 Å². The van der Waals surface area contributed by atoms with Crippen molar-refractivity contribution in [3.8, 4) is 0 Å². The van der Waals surface area contributed by atoms with E-state index in [-0.39, 0.29) is 0 Å². The molecule has 1 aromatic heterocycles. The van der Waals surface area contributed by atoms with Gasteiger partial charge in [0.05, 0.1) is 12.1 Å². The lowest BCUT2D eigenvalue weighted by molar-refractivity contribution is -0.0182. The summed E-state index contributed by atoms with van der Waals surface area (Å²) in [5.41, 5.74) is 0.264. The van der Waals surface area contributed by atoms with Crippen LogP contribution in [-0.2, 0) is 11.2 Å². The quantitative estimate of drug-likeness (QED) is 0.629. The summed E-state index contributed by atoms with van der Waals surface area (Å²) in [6.45, 7) is 5.42. The summed E-state index contributed by atoms with van der Waals surface area (Å²) in [5, 5.41) is 24.2. The van der Waals surface area contributed by atoms with Gasteiger partial charge in [-0.05, 0) is 58.1 Å². The van der Waals surface area contributed by atoms with E-state index in [2.05, 4.69) is 10.3 Å². The van der Waals surface area contributed by atoms with Crippen LogP contribution in [0.3, 0.4) is 0 Å². The number of nitrogens with zero attached hydrogens (tertiary/aromatic N) is 1. The molecule has 0 aromatic carbocycles. The maximum atomic E-state index is 12.3. The normalized spacial score (nSPS) is 18.9. The molecule has 158 valence electrons. The summed E-state index contributed by atoms with van der Waals surface area (Å²) in [7, 11) is 0. The second kappa shape index (κ2) is 10.8. The molecule has 6 nitrogen and oxygen atoms in total. The first-order valence-corrected chi connectivity index (χ1v) is 10.5. The second-order valence-electron chi connectivity index (χ2n) is 8.91. The average molecular weight is 393 g/mol. The number of amides is 1. The lowest BCUT2D eigenvalue weighted by Crippen LogP contribution is -2.50. The zero-order valence-electron chi connectivity index (χ0n) is 17.4. The Balaban J connectivity index is 1.97. The van der Waals surface area contributed by atoms with Crippen molar-refractivity contribution in [2.45, 2.75) is 96.0 Å². The van der Waals surface area contributed by atoms with Crippen LogP contribution in [0.25, 0.3) is 0 Å². The lowest BCUT2D eigenvalue weighted by Gasteiger charge is -2.32. The van der Waals surface area contributed by atoms with Crippen LogP contribution < -0.4 is 5.32 Å². The number of pyridine rings is 1. The van der Waals surface area contributed by atoms with Crippen molar-refractivity contribution in [3.63, 3.8) is 0 Å². The van der Waals surface area contributed by atoms with Crippen LogP contribution in [0.4, 0.5) is 4.79 Å². The van der Waals surface area contributed by atoms with Crippen molar-refractivity contribution in [1.82, 2.24) is 10.3 Å². The predicted octanol–water partition coefficient (Wildman–Crippen LogP) is 3.60. The van der Waals surface area contributed by atoms with Gasteiger partial charge < -0.3 is 20.3 Å². The van der Waals surface area contributed by atoms with E-state index in [0.717, 1.165) is 18.5 Å². The van der Waals surface area contributed by atoms with E-state index in [0.29, 0.717) is 25.2 Å². The number of aliphatic hydroxyl groups is 2. The highest BCUT2D eigenvalue weighted by Crippen LogP contribution is 2.29. The van der Waals surface area contributed by atoms with Gasteiger partial charge in [0.25, 0.3) is 0 Å². The molecule has 0 bridgehead atoms. The standard InChI is InChI=1S/C22H36N2O4/c1-22(2,3)28-21(27)24-18(15-16-9-5-4-6-10-16)20(26)19(25)13-12-17-11-7-8-14-23-17/h7-8,11,14,16,18-20,25-26H,4-6,9-10,12-13,15H2,1-3H3,(H,24,27)/t18-,19-,20+/m0/s1. The Morgan fingerprint density at radius 2 is 1.96 bits per heavy atom. The molecule has 6 heteroatoms. The molecule has 3 N–H and O–H groups in total. The van der Waals surface area contributed by atoms with Crippen LogP contribution >= 0.6 is 0 Å². The number of nitrogens with one attached hydrogen (secondary N) is 1. The van der Waals surface area contributed by atoms with Crippen LogP contribution in [0.5, 0.6) is 0 Å². The molecule has 1 fully saturated rings. The molecule has 28 heavy (non-hydrogen) atoms. The fourth-order valence-corrected chi connectivity index (χ4v) is 3.81. The molecule has 1 saturated carbocycles. The Bertz CT molecular complexity index is 582. The third-order valence-corrected chi connectivity index (χ3v) is 5.24. The summed E-state index contributed by atoms with van der Waals surface area (Å²) in [6.07, 6.45) is 6.60. The average Bonchev–Trinajstić information content (AvgIpc) is 2.65. The molecule has 1 aliphatic carbocycles. The number of hydrogen-bond donors (Lipinski definition) is 3.